The molecule has 3 aliphatic rings. The smallest absolute Gasteiger partial charge is 0.235 e. The van der Waals surface area contributed by atoms with Gasteiger partial charge in [-0.15, -0.1) is 0 Å². The van der Waals surface area contributed by atoms with E-state index in [0.717, 1.165) is 0 Å². The van der Waals surface area contributed by atoms with Gasteiger partial charge in [-0.25, -0.2) is 0 Å². The summed E-state index contributed by atoms with van der Waals surface area (Å²) in [5.74, 6) is -1.84. The molecule has 3 aliphatic heterocycles. The fourth-order valence-corrected chi connectivity index (χ4v) is 3.98. The lowest BCUT2D eigenvalue weighted by Crippen LogP contribution is -2.45. The van der Waals surface area contributed by atoms with Crippen molar-refractivity contribution in [2.75, 3.05) is 6.54 Å². The second kappa shape index (κ2) is 5.40. The van der Waals surface area contributed by atoms with Gasteiger partial charge >= 0.3 is 0 Å². The molecular weight excluding hydrogens is 306 g/mol. The zero-order valence-electron chi connectivity index (χ0n) is 13.2. The molecule has 24 heavy (non-hydrogen) atoms. The minimum Gasteiger partial charge on any atom is -0.292 e. The van der Waals surface area contributed by atoms with Crippen molar-refractivity contribution in [3.05, 3.63) is 48.0 Å². The molecule has 4 rings (SSSR count). The summed E-state index contributed by atoms with van der Waals surface area (Å²) in [6, 6.07) is 7.79. The van der Waals surface area contributed by atoms with Crippen molar-refractivity contribution in [1.82, 2.24) is 9.91 Å². The van der Waals surface area contributed by atoms with Crippen LogP contribution in [0.2, 0.25) is 0 Å². The molecule has 1 aromatic carbocycles. The van der Waals surface area contributed by atoms with Gasteiger partial charge in [-0.3, -0.25) is 24.3 Å². The van der Waals surface area contributed by atoms with E-state index < -0.39 is 17.9 Å². The Hall–Kier alpha value is -2.76. The van der Waals surface area contributed by atoms with E-state index in [9.17, 15) is 14.4 Å². The van der Waals surface area contributed by atoms with Crippen LogP contribution in [0, 0.1) is 11.8 Å². The van der Waals surface area contributed by atoms with Crippen LogP contribution < -0.4 is 0 Å². The third-order valence-electron chi connectivity index (χ3n) is 5.03. The van der Waals surface area contributed by atoms with E-state index in [4.69, 9.17) is 0 Å². The maximum atomic E-state index is 13.1. The first-order chi connectivity index (χ1) is 11.6. The fraction of sp³-hybridized carbons (Fsp3) is 0.333. The zero-order valence-corrected chi connectivity index (χ0v) is 13.2. The second-order valence-electron chi connectivity index (χ2n) is 6.17. The molecule has 2 fully saturated rings. The first kappa shape index (κ1) is 14.8. The first-order valence-electron chi connectivity index (χ1n) is 8.08. The lowest BCUT2D eigenvalue weighted by Gasteiger charge is -2.30. The molecule has 1 aromatic rings. The van der Waals surface area contributed by atoms with Crippen LogP contribution in [0.1, 0.15) is 17.3 Å². The summed E-state index contributed by atoms with van der Waals surface area (Å²) >= 11 is 0. The number of nitrogens with zero attached hydrogens (tertiary/aromatic N) is 3. The molecule has 0 bridgehead atoms. The lowest BCUT2D eigenvalue weighted by molar-refractivity contribution is -0.141. The van der Waals surface area contributed by atoms with Gasteiger partial charge in [0.15, 0.2) is 5.78 Å². The molecule has 0 spiro atoms. The quantitative estimate of drug-likeness (QED) is 0.617. The summed E-state index contributed by atoms with van der Waals surface area (Å²) in [6.45, 7) is 2.11. The Balaban J connectivity index is 1.79. The highest BCUT2D eigenvalue weighted by Gasteiger charge is 2.63. The lowest BCUT2D eigenvalue weighted by atomic mass is 9.86. The van der Waals surface area contributed by atoms with E-state index in [-0.39, 0.29) is 23.6 Å². The number of carbonyl (C=O) groups is 3. The van der Waals surface area contributed by atoms with E-state index >= 15 is 0 Å². The summed E-state index contributed by atoms with van der Waals surface area (Å²) in [5, 5.41) is 5.93. The minimum atomic E-state index is -0.739. The van der Waals surface area contributed by atoms with Crippen molar-refractivity contribution < 1.29 is 14.4 Å². The van der Waals surface area contributed by atoms with Gasteiger partial charge in [0.25, 0.3) is 0 Å². The van der Waals surface area contributed by atoms with Gasteiger partial charge in [0.05, 0.1) is 17.9 Å². The van der Waals surface area contributed by atoms with Gasteiger partial charge in [-0.05, 0) is 13.0 Å². The maximum Gasteiger partial charge on any atom is 0.235 e. The number of amides is 2. The summed E-state index contributed by atoms with van der Waals surface area (Å²) in [5.41, 5.74) is 0.529. The number of rotatable bonds is 3. The molecule has 0 aliphatic carbocycles. The van der Waals surface area contributed by atoms with Crippen LogP contribution in [0.15, 0.2) is 47.6 Å². The number of carbonyl (C=O) groups excluding carboxylic acids is 3. The molecular formula is C18H17N3O3. The second-order valence-corrected chi connectivity index (χ2v) is 6.17. The summed E-state index contributed by atoms with van der Waals surface area (Å²) in [6.07, 6.45) is 5.21. The number of hydrogen-bond donors (Lipinski definition) is 0. The van der Waals surface area contributed by atoms with Crippen molar-refractivity contribution in [2.45, 2.75) is 19.0 Å². The van der Waals surface area contributed by atoms with Crippen molar-refractivity contribution in [3.8, 4) is 0 Å². The molecule has 0 radical (unpaired) electrons. The number of allylic oxidation sites excluding steroid dienone is 1. The molecule has 0 N–H and O–H groups in total. The number of hydrogen-bond acceptors (Lipinski definition) is 5. The number of Topliss-reactive ketones (excluding diaryl/α,β-unsaturated/α-hetero) is 1. The Morgan fingerprint density at radius 1 is 1.12 bits per heavy atom. The van der Waals surface area contributed by atoms with Crippen molar-refractivity contribution >= 4 is 23.8 Å². The van der Waals surface area contributed by atoms with Crippen LogP contribution in [-0.2, 0) is 9.59 Å². The number of imide groups is 1. The highest BCUT2D eigenvalue weighted by molar-refractivity contribution is 6.11. The number of fused-ring (bicyclic) bond motifs is 3. The third kappa shape index (κ3) is 1.89. The normalized spacial score (nSPS) is 30.7. The zero-order chi connectivity index (χ0) is 16.8. The molecule has 2 amide bonds. The predicted octanol–water partition coefficient (Wildman–Crippen LogP) is 1.10. The van der Waals surface area contributed by atoms with Crippen molar-refractivity contribution in [1.29, 1.82) is 0 Å². The van der Waals surface area contributed by atoms with Crippen LogP contribution in [-0.4, -0.2) is 52.3 Å². The molecule has 4 atom stereocenters. The maximum absolute atomic E-state index is 13.1. The van der Waals surface area contributed by atoms with Gasteiger partial charge in [0.1, 0.15) is 6.04 Å². The summed E-state index contributed by atoms with van der Waals surface area (Å²) in [4.78, 5) is 39.8. The van der Waals surface area contributed by atoms with E-state index in [1.54, 1.807) is 48.5 Å². The monoisotopic (exact) mass is 323 g/mol. The van der Waals surface area contributed by atoms with Gasteiger partial charge in [-0.2, -0.15) is 5.10 Å². The SMILES string of the molecule is CCN1C(=O)[C@@H]2[C@@H](C1=O)[C@@H](C(=O)c1ccccc1)N1N=CC=C[C@H]21. The molecule has 3 heterocycles. The third-order valence-corrected chi connectivity index (χ3v) is 5.03. The molecule has 0 unspecified atom stereocenters. The van der Waals surface area contributed by atoms with Gasteiger partial charge in [-0.1, -0.05) is 36.4 Å². The Bertz CT molecular complexity index is 771. The Morgan fingerprint density at radius 2 is 1.83 bits per heavy atom. The van der Waals surface area contributed by atoms with Crippen LogP contribution >= 0.6 is 0 Å². The Morgan fingerprint density at radius 3 is 2.54 bits per heavy atom. The predicted molar refractivity (Wildman–Crippen MR) is 87.2 cm³/mol. The van der Waals surface area contributed by atoms with Crippen LogP contribution in [0.25, 0.3) is 0 Å². The van der Waals surface area contributed by atoms with Gasteiger partial charge in [0.2, 0.25) is 11.8 Å². The summed E-state index contributed by atoms with van der Waals surface area (Å²) < 4.78 is 0. The number of benzene rings is 1. The highest BCUT2D eigenvalue weighted by atomic mass is 16.2. The van der Waals surface area contributed by atoms with Crippen molar-refractivity contribution in [3.63, 3.8) is 0 Å². The van der Waals surface area contributed by atoms with Gasteiger partial charge < -0.3 is 0 Å². The molecule has 6 heteroatoms. The topological polar surface area (TPSA) is 70.1 Å². The largest absolute Gasteiger partial charge is 0.292 e. The standard InChI is InChI=1S/C18H17N3O3/c1-2-20-17(23)13-12-9-6-10-19-21(12)15(14(13)18(20)24)16(22)11-7-4-3-5-8-11/h3-10,12-15H,2H2,1H3/t12-,13+,14-,15+/m1/s1. The number of likely N-dealkylation sites (tertiary alicyclic amines) is 1. The minimum absolute atomic E-state index is 0.167. The van der Waals surface area contributed by atoms with Crippen LogP contribution in [0.3, 0.4) is 0 Å². The van der Waals surface area contributed by atoms with E-state index in [1.807, 2.05) is 12.1 Å². The van der Waals surface area contributed by atoms with E-state index in [2.05, 4.69) is 5.10 Å². The Kier molecular flexibility index (Phi) is 3.33. The molecule has 0 aromatic heterocycles. The first-order valence-corrected chi connectivity index (χ1v) is 8.08. The molecule has 6 nitrogen and oxygen atoms in total. The van der Waals surface area contributed by atoms with E-state index in [1.165, 1.54) is 4.90 Å². The van der Waals surface area contributed by atoms with Crippen molar-refractivity contribution in [2.24, 2.45) is 16.9 Å². The fourth-order valence-electron chi connectivity index (χ4n) is 3.98. The van der Waals surface area contributed by atoms with Crippen LogP contribution in [0.5, 0.6) is 0 Å². The summed E-state index contributed by atoms with van der Waals surface area (Å²) in [7, 11) is 0. The van der Waals surface area contributed by atoms with Gasteiger partial charge in [0, 0.05) is 18.3 Å². The average molecular weight is 323 g/mol. The van der Waals surface area contributed by atoms with E-state index in [0.29, 0.717) is 12.1 Å². The number of ketones is 1. The van der Waals surface area contributed by atoms with Crippen LogP contribution in [0.4, 0.5) is 0 Å². The molecule has 0 saturated carbocycles. The average Bonchev–Trinajstić information content (AvgIpc) is 3.08. The highest BCUT2D eigenvalue weighted by Crippen LogP contribution is 2.44. The molecule has 2 saturated heterocycles. The molecule has 122 valence electrons. The number of hydrazone groups is 1. The Labute approximate surface area is 139 Å².